The van der Waals surface area contributed by atoms with E-state index in [4.69, 9.17) is 11.6 Å². The van der Waals surface area contributed by atoms with Gasteiger partial charge in [0.1, 0.15) is 6.04 Å². The van der Waals surface area contributed by atoms with E-state index in [0.717, 1.165) is 24.2 Å². The average Bonchev–Trinajstić information content (AvgIpc) is 2.79. The number of nitrogens with zero attached hydrogens (tertiary/aromatic N) is 3. The molecular formula is C18H23ClN4O3S. The summed E-state index contributed by atoms with van der Waals surface area (Å²) in [4.78, 5) is 12.7. The fourth-order valence-electron chi connectivity index (χ4n) is 3.27. The van der Waals surface area contributed by atoms with Crippen LogP contribution >= 0.6 is 11.6 Å². The maximum atomic E-state index is 13.4. The summed E-state index contributed by atoms with van der Waals surface area (Å²) in [7, 11) is -2.13. The Kier molecular flexibility index (Phi) is 5.88. The number of carbonyl (C=O) groups is 1. The highest BCUT2D eigenvalue weighted by Gasteiger charge is 2.37. The molecule has 0 aliphatic carbocycles. The molecule has 0 saturated carbocycles. The van der Waals surface area contributed by atoms with Gasteiger partial charge in [0.2, 0.25) is 15.9 Å². The van der Waals surface area contributed by atoms with Crippen molar-refractivity contribution in [2.45, 2.75) is 43.7 Å². The van der Waals surface area contributed by atoms with Crippen LogP contribution in [0.2, 0.25) is 5.02 Å². The fraction of sp³-hybridized carbons (Fsp3) is 0.444. The largest absolute Gasteiger partial charge is 0.355 e. The number of hydrogen-bond donors (Lipinski definition) is 1. The molecule has 1 aliphatic rings. The minimum absolute atomic E-state index is 0.0698. The second kappa shape index (κ2) is 8.00. The first-order valence-electron chi connectivity index (χ1n) is 8.83. The van der Waals surface area contributed by atoms with Gasteiger partial charge in [0.15, 0.2) is 0 Å². The number of aryl methyl sites for hydroxylation is 2. The Morgan fingerprint density at radius 2 is 2.00 bits per heavy atom. The Morgan fingerprint density at radius 3 is 2.63 bits per heavy atom. The van der Waals surface area contributed by atoms with Crippen LogP contribution in [0.3, 0.4) is 0 Å². The molecule has 2 aromatic rings. The lowest BCUT2D eigenvalue weighted by Gasteiger charge is -2.29. The van der Waals surface area contributed by atoms with Gasteiger partial charge in [0.25, 0.3) is 0 Å². The van der Waals surface area contributed by atoms with Crippen LogP contribution in [0.15, 0.2) is 35.2 Å². The van der Waals surface area contributed by atoms with Crippen molar-refractivity contribution in [3.05, 3.63) is 46.7 Å². The smallest absolute Gasteiger partial charge is 0.244 e. The minimum atomic E-state index is -3.90. The SMILES string of the molecule is Cc1cc(CN([C@@H]2CCCCNC2=O)S(=O)(=O)c2ccc(Cl)cc2)n(C)n1. The fourth-order valence-corrected chi connectivity index (χ4v) is 4.99. The molecule has 0 unspecified atom stereocenters. The number of benzene rings is 1. The van der Waals surface area contributed by atoms with Crippen molar-refractivity contribution in [2.75, 3.05) is 6.54 Å². The second-order valence-electron chi connectivity index (χ2n) is 6.71. The number of aromatic nitrogens is 2. The van der Waals surface area contributed by atoms with Crippen molar-refractivity contribution < 1.29 is 13.2 Å². The number of rotatable bonds is 5. The lowest BCUT2D eigenvalue weighted by atomic mass is 10.1. The van der Waals surface area contributed by atoms with Crippen LogP contribution in [-0.2, 0) is 28.4 Å². The molecule has 27 heavy (non-hydrogen) atoms. The van der Waals surface area contributed by atoms with Gasteiger partial charge in [-0.05, 0) is 56.5 Å². The summed E-state index contributed by atoms with van der Waals surface area (Å²) >= 11 is 5.90. The third kappa shape index (κ3) is 4.34. The molecule has 1 atom stereocenters. The van der Waals surface area contributed by atoms with Crippen molar-refractivity contribution in [1.29, 1.82) is 0 Å². The lowest BCUT2D eigenvalue weighted by Crippen LogP contribution is -2.48. The van der Waals surface area contributed by atoms with Crippen LogP contribution in [0.5, 0.6) is 0 Å². The van der Waals surface area contributed by atoms with E-state index in [2.05, 4.69) is 10.4 Å². The van der Waals surface area contributed by atoms with Crippen LogP contribution in [0.4, 0.5) is 0 Å². The monoisotopic (exact) mass is 410 g/mol. The Morgan fingerprint density at radius 1 is 1.30 bits per heavy atom. The number of carbonyl (C=O) groups excluding carboxylic acids is 1. The van der Waals surface area contributed by atoms with E-state index in [0.29, 0.717) is 18.0 Å². The molecule has 1 amide bonds. The first-order valence-corrected chi connectivity index (χ1v) is 10.7. The Hall–Kier alpha value is -1.90. The van der Waals surface area contributed by atoms with Crippen LogP contribution in [0, 0.1) is 6.92 Å². The molecule has 1 fully saturated rings. The molecule has 9 heteroatoms. The van der Waals surface area contributed by atoms with Crippen LogP contribution < -0.4 is 5.32 Å². The topological polar surface area (TPSA) is 84.3 Å². The van der Waals surface area contributed by atoms with Crippen molar-refractivity contribution in [3.8, 4) is 0 Å². The van der Waals surface area contributed by atoms with Crippen molar-refractivity contribution >= 4 is 27.5 Å². The number of halogens is 1. The maximum absolute atomic E-state index is 13.4. The van der Waals surface area contributed by atoms with E-state index >= 15 is 0 Å². The Balaban J connectivity index is 2.04. The van der Waals surface area contributed by atoms with Crippen molar-refractivity contribution in [3.63, 3.8) is 0 Å². The molecule has 1 saturated heterocycles. The highest BCUT2D eigenvalue weighted by molar-refractivity contribution is 7.89. The van der Waals surface area contributed by atoms with E-state index < -0.39 is 16.1 Å². The van der Waals surface area contributed by atoms with Gasteiger partial charge in [-0.3, -0.25) is 9.48 Å². The molecule has 1 aliphatic heterocycles. The van der Waals surface area contributed by atoms with Crippen LogP contribution in [0.25, 0.3) is 0 Å². The normalized spacial score (nSPS) is 18.4. The Labute approximate surface area is 164 Å². The summed E-state index contributed by atoms with van der Waals surface area (Å²) < 4.78 is 29.7. The Bertz CT molecular complexity index is 925. The molecule has 0 spiro atoms. The predicted octanol–water partition coefficient (Wildman–Crippen LogP) is 2.24. The molecule has 0 radical (unpaired) electrons. The van der Waals surface area contributed by atoms with Crippen molar-refractivity contribution in [2.24, 2.45) is 7.05 Å². The summed E-state index contributed by atoms with van der Waals surface area (Å²) in [6.45, 7) is 2.48. The summed E-state index contributed by atoms with van der Waals surface area (Å²) in [5.41, 5.74) is 1.52. The van der Waals surface area contributed by atoms with Gasteiger partial charge in [-0.15, -0.1) is 0 Å². The summed E-state index contributed by atoms with van der Waals surface area (Å²) in [6, 6.07) is 7.08. The van der Waals surface area contributed by atoms with Gasteiger partial charge < -0.3 is 5.32 Å². The molecule has 1 aromatic carbocycles. The molecule has 0 bridgehead atoms. The maximum Gasteiger partial charge on any atom is 0.244 e. The van der Waals surface area contributed by atoms with Crippen LogP contribution in [0.1, 0.15) is 30.7 Å². The van der Waals surface area contributed by atoms with Crippen LogP contribution in [-0.4, -0.2) is 41.0 Å². The van der Waals surface area contributed by atoms with Crippen molar-refractivity contribution in [1.82, 2.24) is 19.4 Å². The van der Waals surface area contributed by atoms with E-state index in [1.807, 2.05) is 13.0 Å². The standard InChI is InChI=1S/C18H23ClN4O3S/c1-13-11-15(22(2)21-13)12-23(17-5-3-4-10-20-18(17)24)27(25,26)16-8-6-14(19)7-9-16/h6-9,11,17H,3-5,10,12H2,1-2H3,(H,20,24)/t17-/m1/s1. The predicted molar refractivity (Wildman–Crippen MR) is 103 cm³/mol. The molecular weight excluding hydrogens is 388 g/mol. The van der Waals surface area contributed by atoms with Gasteiger partial charge in [-0.2, -0.15) is 9.40 Å². The molecule has 7 nitrogen and oxygen atoms in total. The first kappa shape index (κ1) is 19.9. The third-order valence-electron chi connectivity index (χ3n) is 4.69. The third-order valence-corrected chi connectivity index (χ3v) is 6.81. The van der Waals surface area contributed by atoms with Gasteiger partial charge in [0, 0.05) is 18.6 Å². The molecule has 1 aromatic heterocycles. The number of amides is 1. The summed E-state index contributed by atoms with van der Waals surface area (Å²) in [5.74, 6) is -0.260. The quantitative estimate of drug-likeness (QED) is 0.819. The van der Waals surface area contributed by atoms with Gasteiger partial charge in [-0.25, -0.2) is 8.42 Å². The van der Waals surface area contributed by atoms with E-state index in [9.17, 15) is 13.2 Å². The minimum Gasteiger partial charge on any atom is -0.355 e. The lowest BCUT2D eigenvalue weighted by molar-refractivity contribution is -0.124. The van der Waals surface area contributed by atoms with E-state index in [1.54, 1.807) is 11.7 Å². The van der Waals surface area contributed by atoms with Gasteiger partial charge in [0.05, 0.1) is 22.8 Å². The van der Waals surface area contributed by atoms with E-state index in [1.165, 1.54) is 28.6 Å². The summed E-state index contributed by atoms with van der Waals surface area (Å²) in [5, 5.41) is 7.57. The molecule has 3 rings (SSSR count). The van der Waals surface area contributed by atoms with Gasteiger partial charge in [-0.1, -0.05) is 11.6 Å². The number of hydrogen-bond acceptors (Lipinski definition) is 4. The highest BCUT2D eigenvalue weighted by Crippen LogP contribution is 2.26. The number of sulfonamides is 1. The average molecular weight is 411 g/mol. The summed E-state index contributed by atoms with van der Waals surface area (Å²) in [6.07, 6.45) is 2.10. The molecule has 2 heterocycles. The van der Waals surface area contributed by atoms with E-state index in [-0.39, 0.29) is 17.3 Å². The molecule has 146 valence electrons. The van der Waals surface area contributed by atoms with Gasteiger partial charge >= 0.3 is 0 Å². The molecule has 1 N–H and O–H groups in total. The first-order chi connectivity index (χ1) is 12.8. The second-order valence-corrected chi connectivity index (χ2v) is 9.03. The zero-order valence-electron chi connectivity index (χ0n) is 15.4. The highest BCUT2D eigenvalue weighted by atomic mass is 35.5. The number of nitrogens with one attached hydrogen (secondary N) is 1. The zero-order valence-corrected chi connectivity index (χ0v) is 16.9. The zero-order chi connectivity index (χ0) is 19.6.